The molecule has 0 saturated carbocycles. The van der Waals surface area contributed by atoms with Crippen molar-refractivity contribution in [2.45, 2.75) is 44.0 Å². The molecule has 2 N–H and O–H groups in total. The van der Waals surface area contributed by atoms with Crippen molar-refractivity contribution in [2.75, 3.05) is 32.8 Å². The van der Waals surface area contributed by atoms with E-state index in [2.05, 4.69) is 21.6 Å². The van der Waals surface area contributed by atoms with Crippen molar-refractivity contribution in [3.8, 4) is 0 Å². The number of ether oxygens (including phenoxy) is 1. The van der Waals surface area contributed by atoms with E-state index >= 15 is 0 Å². The number of piperidine rings is 1. The minimum Gasteiger partial charge on any atom is -0.371 e. The van der Waals surface area contributed by atoms with E-state index in [4.69, 9.17) is 4.74 Å². The van der Waals surface area contributed by atoms with Crippen LogP contribution >= 0.6 is 0 Å². The zero-order valence-corrected chi connectivity index (χ0v) is 16.4. The Morgan fingerprint density at radius 2 is 2.14 bits per heavy atom. The number of nitrogens with zero attached hydrogens (tertiary/aromatic N) is 2. The molecule has 4 aliphatic heterocycles. The van der Waals surface area contributed by atoms with Crippen molar-refractivity contribution in [1.29, 1.82) is 0 Å². The first-order chi connectivity index (χ1) is 14.0. The van der Waals surface area contributed by atoms with Crippen molar-refractivity contribution >= 4 is 17.7 Å². The molecule has 0 aromatic heterocycles. The lowest BCUT2D eigenvalue weighted by molar-refractivity contribution is -0.136. The lowest BCUT2D eigenvalue weighted by Gasteiger charge is -2.34. The molecule has 0 aliphatic carbocycles. The highest BCUT2D eigenvalue weighted by Crippen LogP contribution is 2.31. The third kappa shape index (κ3) is 3.45. The minimum atomic E-state index is -0.564. The van der Waals surface area contributed by atoms with Gasteiger partial charge in [-0.25, -0.2) is 0 Å². The van der Waals surface area contributed by atoms with Crippen LogP contribution in [0.5, 0.6) is 0 Å². The summed E-state index contributed by atoms with van der Waals surface area (Å²) in [6.07, 6.45) is 1.68. The molecule has 2 unspecified atom stereocenters. The van der Waals surface area contributed by atoms with Crippen LogP contribution in [0.4, 0.5) is 0 Å². The fraction of sp³-hybridized carbons (Fsp3) is 0.571. The predicted octanol–water partition coefficient (Wildman–Crippen LogP) is 0.0119. The largest absolute Gasteiger partial charge is 0.371 e. The number of likely N-dealkylation sites (tertiary alicyclic amines) is 1. The maximum absolute atomic E-state index is 13.0. The summed E-state index contributed by atoms with van der Waals surface area (Å²) in [6.45, 7) is 5.66. The van der Waals surface area contributed by atoms with Gasteiger partial charge in [0.15, 0.2) is 0 Å². The summed E-state index contributed by atoms with van der Waals surface area (Å²) < 4.78 is 6.06. The van der Waals surface area contributed by atoms with Crippen LogP contribution in [0.3, 0.4) is 0 Å². The van der Waals surface area contributed by atoms with Gasteiger partial charge in [0.05, 0.1) is 12.2 Å². The average Bonchev–Trinajstić information content (AvgIpc) is 3.24. The Balaban J connectivity index is 1.27. The fourth-order valence-corrected chi connectivity index (χ4v) is 4.99. The second kappa shape index (κ2) is 7.19. The van der Waals surface area contributed by atoms with Crippen molar-refractivity contribution < 1.29 is 19.1 Å². The molecule has 8 nitrogen and oxygen atoms in total. The number of fused-ring (bicyclic) bond motifs is 1. The molecule has 2 atom stereocenters. The maximum atomic E-state index is 13.0. The van der Waals surface area contributed by atoms with Crippen molar-refractivity contribution in [3.05, 3.63) is 34.9 Å². The first-order valence-electron chi connectivity index (χ1n) is 10.4. The van der Waals surface area contributed by atoms with E-state index < -0.39 is 6.04 Å². The number of benzene rings is 1. The predicted molar refractivity (Wildman–Crippen MR) is 104 cm³/mol. The quantitative estimate of drug-likeness (QED) is 0.698. The molecule has 0 bridgehead atoms. The molecule has 4 heterocycles. The van der Waals surface area contributed by atoms with Gasteiger partial charge in [0.2, 0.25) is 11.8 Å². The molecule has 29 heavy (non-hydrogen) atoms. The molecule has 154 valence electrons. The summed E-state index contributed by atoms with van der Waals surface area (Å²) in [5.41, 5.74) is 2.65. The Hall–Kier alpha value is -2.29. The molecule has 5 rings (SSSR count). The maximum Gasteiger partial charge on any atom is 0.255 e. The number of imide groups is 1. The molecular formula is C21H26N4O4. The summed E-state index contributed by atoms with van der Waals surface area (Å²) in [6, 6.07) is 5.48. The number of hydrogen-bond donors (Lipinski definition) is 2. The average molecular weight is 398 g/mol. The third-order valence-corrected chi connectivity index (χ3v) is 6.53. The van der Waals surface area contributed by atoms with Gasteiger partial charge in [0.1, 0.15) is 6.04 Å². The second-order valence-corrected chi connectivity index (χ2v) is 8.56. The molecule has 1 aromatic carbocycles. The van der Waals surface area contributed by atoms with Gasteiger partial charge in [-0.15, -0.1) is 0 Å². The summed E-state index contributed by atoms with van der Waals surface area (Å²) in [5, 5.41) is 5.77. The van der Waals surface area contributed by atoms with E-state index in [1.54, 1.807) is 4.90 Å². The van der Waals surface area contributed by atoms with E-state index in [0.717, 1.165) is 56.9 Å². The van der Waals surface area contributed by atoms with Crippen LogP contribution in [-0.4, -0.2) is 72.0 Å². The highest BCUT2D eigenvalue weighted by atomic mass is 16.5. The van der Waals surface area contributed by atoms with E-state index in [9.17, 15) is 14.4 Å². The minimum absolute atomic E-state index is 0.0760. The fourth-order valence-electron chi connectivity index (χ4n) is 4.99. The van der Waals surface area contributed by atoms with Gasteiger partial charge in [-0.3, -0.25) is 24.6 Å². The first-order valence-corrected chi connectivity index (χ1v) is 10.4. The summed E-state index contributed by atoms with van der Waals surface area (Å²) in [7, 11) is 0. The molecule has 1 spiro atoms. The molecule has 4 aliphatic rings. The van der Waals surface area contributed by atoms with Gasteiger partial charge in [-0.1, -0.05) is 12.1 Å². The van der Waals surface area contributed by atoms with Crippen LogP contribution in [0.15, 0.2) is 18.2 Å². The number of hydrogen-bond acceptors (Lipinski definition) is 6. The summed E-state index contributed by atoms with van der Waals surface area (Å²) >= 11 is 0. The smallest absolute Gasteiger partial charge is 0.255 e. The summed E-state index contributed by atoms with van der Waals surface area (Å²) in [4.78, 5) is 40.5. The first kappa shape index (κ1) is 18.7. The number of rotatable bonds is 3. The van der Waals surface area contributed by atoms with Crippen LogP contribution in [-0.2, 0) is 27.4 Å². The molecule has 3 fully saturated rings. The van der Waals surface area contributed by atoms with E-state index in [0.29, 0.717) is 18.5 Å². The van der Waals surface area contributed by atoms with Crippen molar-refractivity contribution in [2.24, 2.45) is 0 Å². The normalized spacial score (nSPS) is 30.1. The van der Waals surface area contributed by atoms with Crippen LogP contribution in [0, 0.1) is 0 Å². The van der Waals surface area contributed by atoms with Crippen molar-refractivity contribution in [1.82, 2.24) is 20.4 Å². The molecule has 0 radical (unpaired) electrons. The number of carbonyl (C=O) groups is 3. The van der Waals surface area contributed by atoms with E-state index in [1.807, 2.05) is 12.1 Å². The Kier molecular flexibility index (Phi) is 4.64. The number of morpholine rings is 1. The van der Waals surface area contributed by atoms with Gasteiger partial charge in [-0.2, -0.15) is 0 Å². The topological polar surface area (TPSA) is 91.0 Å². The Morgan fingerprint density at radius 3 is 2.93 bits per heavy atom. The Morgan fingerprint density at radius 1 is 1.24 bits per heavy atom. The standard InChI is InChI=1S/C21H26N4O4/c26-18-4-3-17(19(27)23-18)25-11-15-2-1-14(9-16(15)20(25)28)10-24-7-5-21(13-24)12-22-6-8-29-21/h1-2,9,17,22H,3-8,10-13H2,(H,23,26,27). The van der Waals surface area contributed by atoms with Gasteiger partial charge in [0.25, 0.3) is 5.91 Å². The lowest BCUT2D eigenvalue weighted by Crippen LogP contribution is -2.52. The Labute approximate surface area is 169 Å². The monoisotopic (exact) mass is 398 g/mol. The lowest BCUT2D eigenvalue weighted by atomic mass is 10.0. The van der Waals surface area contributed by atoms with Gasteiger partial charge >= 0.3 is 0 Å². The van der Waals surface area contributed by atoms with Crippen LogP contribution < -0.4 is 10.6 Å². The van der Waals surface area contributed by atoms with E-state index in [-0.39, 0.29) is 29.7 Å². The Bertz CT molecular complexity index is 864. The molecular weight excluding hydrogens is 372 g/mol. The highest BCUT2D eigenvalue weighted by molar-refractivity contribution is 6.05. The molecule has 1 aromatic rings. The molecule has 8 heteroatoms. The number of nitrogens with one attached hydrogen (secondary N) is 2. The number of carbonyl (C=O) groups excluding carboxylic acids is 3. The highest BCUT2D eigenvalue weighted by Gasteiger charge is 2.41. The summed E-state index contributed by atoms with van der Waals surface area (Å²) in [5.74, 6) is -0.752. The van der Waals surface area contributed by atoms with E-state index in [1.165, 1.54) is 0 Å². The van der Waals surface area contributed by atoms with Crippen molar-refractivity contribution in [3.63, 3.8) is 0 Å². The SMILES string of the molecule is O=C1CCC(N2Cc3ccc(CN4CCC5(CNCCO5)C4)cc3C2=O)C(=O)N1. The molecule has 3 amide bonds. The zero-order chi connectivity index (χ0) is 20.0. The third-order valence-electron chi connectivity index (χ3n) is 6.53. The van der Waals surface area contributed by atoms with Gasteiger partial charge in [0, 0.05) is 51.3 Å². The van der Waals surface area contributed by atoms with Gasteiger partial charge < -0.3 is 15.0 Å². The number of amides is 3. The second-order valence-electron chi connectivity index (χ2n) is 8.56. The zero-order valence-electron chi connectivity index (χ0n) is 16.4. The molecule has 3 saturated heterocycles. The van der Waals surface area contributed by atoms with Crippen LogP contribution in [0.2, 0.25) is 0 Å². The van der Waals surface area contributed by atoms with Crippen LogP contribution in [0.1, 0.15) is 40.7 Å². The van der Waals surface area contributed by atoms with Gasteiger partial charge in [-0.05, 0) is 30.0 Å². The van der Waals surface area contributed by atoms with Crippen LogP contribution in [0.25, 0.3) is 0 Å².